The number of rotatable bonds is 2. The fraction of sp³-hybridized carbons (Fsp3) is 0.636. The molecule has 1 aromatic rings. The van der Waals surface area contributed by atoms with Gasteiger partial charge in [0.05, 0.1) is 0 Å². The zero-order valence-corrected chi connectivity index (χ0v) is 9.57. The quantitative estimate of drug-likeness (QED) is 0.732. The number of aromatic nitrogens is 2. The van der Waals surface area contributed by atoms with E-state index in [9.17, 15) is 4.79 Å². The number of nitrogens with one attached hydrogen (secondary N) is 1. The van der Waals surface area contributed by atoms with Crippen molar-refractivity contribution in [3.05, 3.63) is 22.1 Å². The van der Waals surface area contributed by atoms with Crippen molar-refractivity contribution in [3.8, 4) is 0 Å². The van der Waals surface area contributed by atoms with Crippen LogP contribution in [0.5, 0.6) is 0 Å². The summed E-state index contributed by atoms with van der Waals surface area (Å²) in [6.45, 7) is 1.71. The monoisotopic (exact) mass is 222 g/mol. The van der Waals surface area contributed by atoms with Gasteiger partial charge in [-0.3, -0.25) is 4.79 Å². The van der Waals surface area contributed by atoms with Gasteiger partial charge in [0.2, 0.25) is 5.95 Å². The van der Waals surface area contributed by atoms with Crippen molar-refractivity contribution in [2.45, 2.75) is 45.1 Å². The molecule has 16 heavy (non-hydrogen) atoms. The standard InChI is InChI=1S/C11H18N4O/c1-8-7-13-11(15(12)10(8)16)14-9-5-3-2-4-6-9/h7,9H,2-6,12H2,1H3,(H,13,14). The van der Waals surface area contributed by atoms with Gasteiger partial charge in [-0.25, -0.2) is 4.98 Å². The molecule has 1 fully saturated rings. The Balaban J connectivity index is 2.15. The van der Waals surface area contributed by atoms with Crippen molar-refractivity contribution < 1.29 is 0 Å². The van der Waals surface area contributed by atoms with Crippen molar-refractivity contribution in [2.24, 2.45) is 0 Å². The van der Waals surface area contributed by atoms with E-state index in [0.29, 0.717) is 17.6 Å². The van der Waals surface area contributed by atoms with E-state index in [1.807, 2.05) is 0 Å². The minimum absolute atomic E-state index is 0.187. The van der Waals surface area contributed by atoms with Crippen molar-refractivity contribution in [2.75, 3.05) is 11.2 Å². The number of hydrogen-bond acceptors (Lipinski definition) is 4. The molecular weight excluding hydrogens is 204 g/mol. The topological polar surface area (TPSA) is 72.9 Å². The Kier molecular flexibility index (Phi) is 3.12. The Morgan fingerprint density at radius 3 is 2.81 bits per heavy atom. The highest BCUT2D eigenvalue weighted by molar-refractivity contribution is 5.28. The largest absolute Gasteiger partial charge is 0.351 e. The first-order chi connectivity index (χ1) is 7.68. The summed E-state index contributed by atoms with van der Waals surface area (Å²) in [5.41, 5.74) is 0.380. The molecule has 5 heteroatoms. The van der Waals surface area contributed by atoms with Crippen LogP contribution in [0.2, 0.25) is 0 Å². The van der Waals surface area contributed by atoms with Gasteiger partial charge in [0, 0.05) is 17.8 Å². The fourth-order valence-electron chi connectivity index (χ4n) is 2.10. The first kappa shape index (κ1) is 11.0. The van der Waals surface area contributed by atoms with Crippen LogP contribution >= 0.6 is 0 Å². The van der Waals surface area contributed by atoms with Crippen LogP contribution in [-0.4, -0.2) is 15.7 Å². The highest BCUT2D eigenvalue weighted by atomic mass is 16.1. The van der Waals surface area contributed by atoms with Crippen LogP contribution in [0.3, 0.4) is 0 Å². The van der Waals surface area contributed by atoms with Gasteiger partial charge in [0.15, 0.2) is 0 Å². The SMILES string of the molecule is Cc1cnc(NC2CCCCC2)n(N)c1=O. The van der Waals surface area contributed by atoms with Crippen molar-refractivity contribution in [1.29, 1.82) is 0 Å². The predicted octanol–water partition coefficient (Wildman–Crippen LogP) is 1.01. The maximum atomic E-state index is 11.6. The molecule has 0 amide bonds. The zero-order chi connectivity index (χ0) is 11.5. The highest BCUT2D eigenvalue weighted by Gasteiger charge is 2.15. The van der Waals surface area contributed by atoms with E-state index in [2.05, 4.69) is 10.3 Å². The van der Waals surface area contributed by atoms with Crippen LogP contribution in [0.1, 0.15) is 37.7 Å². The van der Waals surface area contributed by atoms with Crippen molar-refractivity contribution in [3.63, 3.8) is 0 Å². The average molecular weight is 222 g/mol. The zero-order valence-electron chi connectivity index (χ0n) is 9.57. The highest BCUT2D eigenvalue weighted by Crippen LogP contribution is 2.19. The summed E-state index contributed by atoms with van der Waals surface area (Å²) >= 11 is 0. The molecule has 0 aliphatic heterocycles. The average Bonchev–Trinajstić information content (AvgIpc) is 2.31. The molecule has 0 spiro atoms. The van der Waals surface area contributed by atoms with Crippen LogP contribution in [0.15, 0.2) is 11.0 Å². The molecular formula is C11H18N4O. The molecule has 3 N–H and O–H groups in total. The number of nitrogens with two attached hydrogens (primary N) is 1. The third-order valence-electron chi connectivity index (χ3n) is 3.10. The first-order valence-electron chi connectivity index (χ1n) is 5.79. The summed E-state index contributed by atoms with van der Waals surface area (Å²) in [6, 6.07) is 0.401. The molecule has 88 valence electrons. The Hall–Kier alpha value is -1.52. The second kappa shape index (κ2) is 4.55. The van der Waals surface area contributed by atoms with Gasteiger partial charge >= 0.3 is 0 Å². The molecule has 0 unspecified atom stereocenters. The molecule has 5 nitrogen and oxygen atoms in total. The van der Waals surface area contributed by atoms with E-state index in [0.717, 1.165) is 17.5 Å². The molecule has 0 bridgehead atoms. The Labute approximate surface area is 94.7 Å². The van der Waals surface area contributed by atoms with Crippen LogP contribution in [0.4, 0.5) is 5.95 Å². The van der Waals surface area contributed by atoms with E-state index in [1.165, 1.54) is 19.3 Å². The molecule has 0 aromatic carbocycles. The van der Waals surface area contributed by atoms with Crippen molar-refractivity contribution in [1.82, 2.24) is 9.66 Å². The Bertz CT molecular complexity index is 420. The molecule has 0 radical (unpaired) electrons. The number of hydrogen-bond donors (Lipinski definition) is 2. The smallest absolute Gasteiger partial charge is 0.276 e. The molecule has 1 heterocycles. The van der Waals surface area contributed by atoms with Crippen LogP contribution < -0.4 is 16.7 Å². The van der Waals surface area contributed by atoms with Crippen LogP contribution in [0.25, 0.3) is 0 Å². The lowest BCUT2D eigenvalue weighted by molar-refractivity contribution is 0.459. The van der Waals surface area contributed by atoms with Gasteiger partial charge in [-0.15, -0.1) is 0 Å². The third-order valence-corrected chi connectivity index (χ3v) is 3.10. The normalized spacial score (nSPS) is 17.3. The summed E-state index contributed by atoms with van der Waals surface area (Å²) in [6.07, 6.45) is 7.59. The molecule has 0 saturated heterocycles. The maximum Gasteiger partial charge on any atom is 0.276 e. The predicted molar refractivity (Wildman–Crippen MR) is 63.9 cm³/mol. The van der Waals surface area contributed by atoms with E-state index >= 15 is 0 Å². The maximum absolute atomic E-state index is 11.6. The lowest BCUT2D eigenvalue weighted by Crippen LogP contribution is -2.35. The molecule has 1 aliphatic rings. The van der Waals surface area contributed by atoms with E-state index < -0.39 is 0 Å². The van der Waals surface area contributed by atoms with Gasteiger partial charge in [0.25, 0.3) is 5.56 Å². The molecule has 1 aromatic heterocycles. The van der Waals surface area contributed by atoms with Gasteiger partial charge in [0.1, 0.15) is 0 Å². The van der Waals surface area contributed by atoms with E-state index in [-0.39, 0.29) is 5.56 Å². The van der Waals surface area contributed by atoms with Crippen LogP contribution in [0, 0.1) is 6.92 Å². The number of nitrogen functional groups attached to an aromatic ring is 1. The molecule has 0 atom stereocenters. The summed E-state index contributed by atoms with van der Waals surface area (Å²) < 4.78 is 1.10. The summed E-state index contributed by atoms with van der Waals surface area (Å²) in [4.78, 5) is 15.7. The van der Waals surface area contributed by atoms with Crippen LogP contribution in [-0.2, 0) is 0 Å². The van der Waals surface area contributed by atoms with Gasteiger partial charge < -0.3 is 11.2 Å². The second-order valence-corrected chi connectivity index (χ2v) is 4.42. The number of anilines is 1. The van der Waals surface area contributed by atoms with Gasteiger partial charge in [-0.1, -0.05) is 19.3 Å². The Morgan fingerprint density at radius 2 is 2.12 bits per heavy atom. The summed E-state index contributed by atoms with van der Waals surface area (Å²) in [5.74, 6) is 6.15. The minimum Gasteiger partial charge on any atom is -0.351 e. The summed E-state index contributed by atoms with van der Waals surface area (Å²) in [7, 11) is 0. The van der Waals surface area contributed by atoms with E-state index in [1.54, 1.807) is 13.1 Å². The fourth-order valence-corrected chi connectivity index (χ4v) is 2.10. The molecule has 2 rings (SSSR count). The van der Waals surface area contributed by atoms with Crippen molar-refractivity contribution >= 4 is 5.95 Å². The Morgan fingerprint density at radius 1 is 1.44 bits per heavy atom. The lowest BCUT2D eigenvalue weighted by Gasteiger charge is -2.23. The molecule has 1 saturated carbocycles. The van der Waals surface area contributed by atoms with Gasteiger partial charge in [-0.2, -0.15) is 4.68 Å². The minimum atomic E-state index is -0.187. The first-order valence-corrected chi connectivity index (χ1v) is 5.79. The second-order valence-electron chi connectivity index (χ2n) is 4.42. The molecule has 1 aliphatic carbocycles. The third kappa shape index (κ3) is 2.18. The lowest BCUT2D eigenvalue weighted by atomic mass is 9.96. The number of nitrogens with zero attached hydrogens (tertiary/aromatic N) is 2. The summed E-state index contributed by atoms with van der Waals surface area (Å²) in [5, 5.41) is 3.24. The van der Waals surface area contributed by atoms with E-state index in [4.69, 9.17) is 5.84 Å². The number of aryl methyl sites for hydroxylation is 1. The van der Waals surface area contributed by atoms with Gasteiger partial charge in [-0.05, 0) is 19.8 Å².